The van der Waals surface area contributed by atoms with Crippen molar-refractivity contribution in [2.75, 3.05) is 13.7 Å². The van der Waals surface area contributed by atoms with Gasteiger partial charge in [0.15, 0.2) is 5.17 Å². The van der Waals surface area contributed by atoms with E-state index in [1.807, 2.05) is 62.3 Å². The summed E-state index contributed by atoms with van der Waals surface area (Å²) in [4.78, 5) is 32.8. The Balaban J connectivity index is 1.71. The maximum atomic E-state index is 13.4. The zero-order chi connectivity index (χ0) is 23.8. The highest BCUT2D eigenvalue weighted by atomic mass is 32.2. The summed E-state index contributed by atoms with van der Waals surface area (Å²) in [5.74, 6) is 0.817. The van der Waals surface area contributed by atoms with E-state index in [0.29, 0.717) is 22.9 Å². The molecule has 1 atom stereocenters. The molecule has 1 saturated carbocycles. The van der Waals surface area contributed by atoms with Crippen LogP contribution in [0.2, 0.25) is 0 Å². The predicted molar refractivity (Wildman–Crippen MR) is 130 cm³/mol. The number of carbonyl (C=O) groups is 2. The standard InChI is InChI=1S/C25H31N3O4S/c1-15-21(23(30)32-25(2,3)4)22(18-8-6-7-9-19(18)31-5)28-17(14-33-24(28)27-15)12-20(29)26-13-16-10-11-16/h6-9,14,16,22H,10-13H2,1-5H3,(H,26,29)/t22-/m1/s1. The zero-order valence-corrected chi connectivity index (χ0v) is 20.6. The number of hydrogen-bond donors (Lipinski definition) is 1. The van der Waals surface area contributed by atoms with Gasteiger partial charge in [-0.05, 0) is 57.9 Å². The molecule has 1 amide bonds. The fourth-order valence-electron chi connectivity index (χ4n) is 3.96. The minimum atomic E-state index is -0.652. The maximum absolute atomic E-state index is 13.4. The number of allylic oxidation sites excluding steroid dienone is 1. The second-order valence-corrected chi connectivity index (χ2v) is 10.4. The van der Waals surface area contributed by atoms with Gasteiger partial charge in [0.2, 0.25) is 5.91 Å². The molecule has 1 aliphatic carbocycles. The lowest BCUT2D eigenvalue weighted by atomic mass is 9.93. The normalized spacial score (nSPS) is 20.2. The summed E-state index contributed by atoms with van der Waals surface area (Å²) in [5.41, 5.74) is 2.02. The largest absolute Gasteiger partial charge is 0.496 e. The number of amides is 1. The van der Waals surface area contributed by atoms with Crippen LogP contribution >= 0.6 is 11.8 Å². The Kier molecular flexibility index (Phi) is 6.56. The number of nitrogens with zero attached hydrogens (tertiary/aromatic N) is 2. The first kappa shape index (κ1) is 23.4. The number of para-hydroxylation sites is 1. The van der Waals surface area contributed by atoms with E-state index in [2.05, 4.69) is 5.32 Å². The van der Waals surface area contributed by atoms with Crippen LogP contribution in [0.1, 0.15) is 58.6 Å². The van der Waals surface area contributed by atoms with E-state index in [-0.39, 0.29) is 12.3 Å². The van der Waals surface area contributed by atoms with Gasteiger partial charge >= 0.3 is 5.97 Å². The third-order valence-corrected chi connectivity index (χ3v) is 6.57. The Bertz CT molecular complexity index is 1050. The molecular formula is C25H31N3O4S. The van der Waals surface area contributed by atoms with Gasteiger partial charge in [0.25, 0.3) is 0 Å². The van der Waals surface area contributed by atoms with Crippen LogP contribution in [-0.2, 0) is 14.3 Å². The van der Waals surface area contributed by atoms with Crippen molar-refractivity contribution < 1.29 is 19.1 Å². The van der Waals surface area contributed by atoms with Gasteiger partial charge in [-0.2, -0.15) is 0 Å². The first-order valence-corrected chi connectivity index (χ1v) is 12.1. The number of amidine groups is 1. The molecule has 8 heteroatoms. The molecule has 176 valence electrons. The van der Waals surface area contributed by atoms with Crippen LogP contribution in [0.5, 0.6) is 5.75 Å². The van der Waals surface area contributed by atoms with Crippen molar-refractivity contribution in [1.29, 1.82) is 0 Å². The van der Waals surface area contributed by atoms with E-state index in [9.17, 15) is 9.59 Å². The third kappa shape index (κ3) is 5.27. The van der Waals surface area contributed by atoms with Crippen molar-refractivity contribution in [3.05, 3.63) is 52.2 Å². The molecule has 3 aliphatic rings. The molecule has 4 rings (SSSR count). The summed E-state index contributed by atoms with van der Waals surface area (Å²) in [6.07, 6.45) is 2.58. The van der Waals surface area contributed by atoms with E-state index < -0.39 is 17.6 Å². The van der Waals surface area contributed by atoms with Crippen molar-refractivity contribution in [2.24, 2.45) is 10.9 Å². The SMILES string of the molecule is COc1ccccc1[C@@H]1C(C(=O)OC(C)(C)C)=C(C)N=C2SC=C(CC(=O)NCC3CC3)N21. The number of aliphatic imine (C=N–C) groups is 1. The van der Waals surface area contributed by atoms with E-state index in [0.717, 1.165) is 23.0 Å². The molecule has 2 aliphatic heterocycles. The summed E-state index contributed by atoms with van der Waals surface area (Å²) in [6.45, 7) is 8.08. The van der Waals surface area contributed by atoms with Crippen LogP contribution in [0, 0.1) is 5.92 Å². The second kappa shape index (κ2) is 9.25. The third-order valence-electron chi connectivity index (χ3n) is 5.68. The lowest BCUT2D eigenvalue weighted by molar-refractivity contribution is -0.150. The lowest BCUT2D eigenvalue weighted by Crippen LogP contribution is -2.39. The number of nitrogens with one attached hydrogen (secondary N) is 1. The smallest absolute Gasteiger partial charge is 0.338 e. The lowest BCUT2D eigenvalue weighted by Gasteiger charge is -2.37. The summed E-state index contributed by atoms with van der Waals surface area (Å²) < 4.78 is 11.4. The zero-order valence-electron chi connectivity index (χ0n) is 19.8. The molecule has 0 aromatic heterocycles. The van der Waals surface area contributed by atoms with Crippen molar-refractivity contribution in [2.45, 2.75) is 58.6 Å². The van der Waals surface area contributed by atoms with Crippen LogP contribution in [0.25, 0.3) is 0 Å². The fourth-order valence-corrected chi connectivity index (χ4v) is 4.92. The minimum Gasteiger partial charge on any atom is -0.496 e. The molecule has 0 unspecified atom stereocenters. The van der Waals surface area contributed by atoms with Crippen molar-refractivity contribution in [1.82, 2.24) is 10.2 Å². The van der Waals surface area contributed by atoms with Gasteiger partial charge in [-0.25, -0.2) is 9.79 Å². The number of ether oxygens (including phenoxy) is 2. The molecule has 0 saturated heterocycles. The van der Waals surface area contributed by atoms with Crippen LogP contribution in [0.3, 0.4) is 0 Å². The second-order valence-electron chi connectivity index (χ2n) is 9.56. The molecular weight excluding hydrogens is 438 g/mol. The molecule has 0 bridgehead atoms. The molecule has 0 spiro atoms. The quantitative estimate of drug-likeness (QED) is 0.591. The Labute approximate surface area is 199 Å². The number of hydrogen-bond acceptors (Lipinski definition) is 7. The van der Waals surface area contributed by atoms with Crippen LogP contribution in [0.4, 0.5) is 0 Å². The number of fused-ring (bicyclic) bond motifs is 1. The number of carbonyl (C=O) groups excluding carboxylic acids is 2. The van der Waals surface area contributed by atoms with Gasteiger partial charge in [0.1, 0.15) is 11.4 Å². The fraction of sp³-hybridized carbons (Fsp3) is 0.480. The average Bonchev–Trinajstić information content (AvgIpc) is 3.50. The molecule has 1 fully saturated rings. The Hall–Kier alpha value is -2.74. The molecule has 1 N–H and O–H groups in total. The van der Waals surface area contributed by atoms with Gasteiger partial charge in [0.05, 0.1) is 30.8 Å². The summed E-state index contributed by atoms with van der Waals surface area (Å²) in [6, 6.07) is 7.11. The van der Waals surface area contributed by atoms with E-state index in [1.54, 1.807) is 7.11 Å². The number of benzene rings is 1. The molecule has 7 nitrogen and oxygen atoms in total. The number of thioether (sulfide) groups is 1. The summed E-state index contributed by atoms with van der Waals surface area (Å²) >= 11 is 1.46. The monoisotopic (exact) mass is 469 g/mol. The highest BCUT2D eigenvalue weighted by molar-refractivity contribution is 8.16. The van der Waals surface area contributed by atoms with Crippen LogP contribution in [-0.4, -0.2) is 41.2 Å². The number of methoxy groups -OCH3 is 1. The highest BCUT2D eigenvalue weighted by Crippen LogP contribution is 2.47. The first-order valence-electron chi connectivity index (χ1n) is 11.3. The van der Waals surface area contributed by atoms with Gasteiger partial charge in [-0.1, -0.05) is 30.0 Å². The highest BCUT2D eigenvalue weighted by Gasteiger charge is 2.43. The van der Waals surface area contributed by atoms with Crippen LogP contribution < -0.4 is 10.1 Å². The topological polar surface area (TPSA) is 80.2 Å². The molecule has 1 aromatic carbocycles. The average molecular weight is 470 g/mol. The Morgan fingerprint density at radius 1 is 1.24 bits per heavy atom. The molecule has 2 heterocycles. The number of rotatable bonds is 7. The van der Waals surface area contributed by atoms with Gasteiger partial charge < -0.3 is 19.7 Å². The van der Waals surface area contributed by atoms with Crippen molar-refractivity contribution in [3.63, 3.8) is 0 Å². The molecule has 33 heavy (non-hydrogen) atoms. The summed E-state index contributed by atoms with van der Waals surface area (Å²) in [7, 11) is 1.61. The van der Waals surface area contributed by atoms with Crippen molar-refractivity contribution in [3.8, 4) is 5.75 Å². The number of esters is 1. The van der Waals surface area contributed by atoms with E-state index in [1.165, 1.54) is 24.6 Å². The van der Waals surface area contributed by atoms with Gasteiger partial charge in [-0.15, -0.1) is 0 Å². The predicted octanol–water partition coefficient (Wildman–Crippen LogP) is 4.53. The van der Waals surface area contributed by atoms with Crippen molar-refractivity contribution >= 4 is 28.8 Å². The molecule has 1 aromatic rings. The van der Waals surface area contributed by atoms with E-state index in [4.69, 9.17) is 14.5 Å². The summed E-state index contributed by atoms with van der Waals surface area (Å²) in [5, 5.41) is 5.72. The van der Waals surface area contributed by atoms with Gasteiger partial charge in [-0.3, -0.25) is 4.79 Å². The Morgan fingerprint density at radius 2 is 1.97 bits per heavy atom. The minimum absolute atomic E-state index is 0.0288. The Morgan fingerprint density at radius 3 is 2.64 bits per heavy atom. The first-order chi connectivity index (χ1) is 15.7. The van der Waals surface area contributed by atoms with Gasteiger partial charge in [0, 0.05) is 17.8 Å². The molecule has 0 radical (unpaired) electrons. The van der Waals surface area contributed by atoms with Crippen LogP contribution in [0.15, 0.2) is 51.6 Å². The van der Waals surface area contributed by atoms with E-state index >= 15 is 0 Å². The maximum Gasteiger partial charge on any atom is 0.338 e.